The molecule has 2 aliphatic rings. The summed E-state index contributed by atoms with van der Waals surface area (Å²) in [5.41, 5.74) is -0.616. The molecular formula is C17H33N3O2. The van der Waals surface area contributed by atoms with Gasteiger partial charge in [0.25, 0.3) is 0 Å². The van der Waals surface area contributed by atoms with Gasteiger partial charge in [0, 0.05) is 18.6 Å². The zero-order valence-electron chi connectivity index (χ0n) is 14.5. The van der Waals surface area contributed by atoms with Gasteiger partial charge in [-0.2, -0.15) is 0 Å². The van der Waals surface area contributed by atoms with E-state index in [-0.39, 0.29) is 11.6 Å². The first kappa shape index (κ1) is 17.5. The number of nitrogens with zero attached hydrogens (tertiary/aromatic N) is 1. The molecule has 0 bridgehead atoms. The lowest BCUT2D eigenvalue weighted by Gasteiger charge is -2.45. The maximum atomic E-state index is 12.1. The summed E-state index contributed by atoms with van der Waals surface area (Å²) < 4.78 is 0. The molecule has 2 saturated carbocycles. The van der Waals surface area contributed by atoms with Gasteiger partial charge in [-0.3, -0.25) is 0 Å². The van der Waals surface area contributed by atoms with E-state index in [1.807, 2.05) is 0 Å². The molecule has 2 rings (SSSR count). The maximum absolute atomic E-state index is 12.1. The number of amides is 2. The molecule has 2 amide bonds. The Morgan fingerprint density at radius 1 is 1.14 bits per heavy atom. The summed E-state index contributed by atoms with van der Waals surface area (Å²) in [6.45, 7) is 3.34. The number of carbonyl (C=O) groups is 1. The van der Waals surface area contributed by atoms with Gasteiger partial charge in [0.1, 0.15) is 0 Å². The molecule has 0 radical (unpaired) electrons. The summed E-state index contributed by atoms with van der Waals surface area (Å²) in [5, 5.41) is 16.2. The van der Waals surface area contributed by atoms with Gasteiger partial charge in [-0.15, -0.1) is 0 Å². The van der Waals surface area contributed by atoms with E-state index in [9.17, 15) is 9.90 Å². The molecule has 2 unspecified atom stereocenters. The fourth-order valence-corrected chi connectivity index (χ4v) is 4.12. The monoisotopic (exact) mass is 311 g/mol. The van der Waals surface area contributed by atoms with Crippen molar-refractivity contribution in [3.05, 3.63) is 0 Å². The van der Waals surface area contributed by atoms with Crippen LogP contribution >= 0.6 is 0 Å². The topological polar surface area (TPSA) is 64.6 Å². The van der Waals surface area contributed by atoms with Gasteiger partial charge >= 0.3 is 6.03 Å². The summed E-state index contributed by atoms with van der Waals surface area (Å²) >= 11 is 0. The molecule has 0 heterocycles. The highest BCUT2D eigenvalue weighted by Gasteiger charge is 2.37. The van der Waals surface area contributed by atoms with E-state index in [0.717, 1.165) is 38.5 Å². The fraction of sp³-hybridized carbons (Fsp3) is 0.941. The quantitative estimate of drug-likeness (QED) is 0.728. The van der Waals surface area contributed by atoms with E-state index < -0.39 is 5.60 Å². The third-order valence-electron chi connectivity index (χ3n) is 5.71. The van der Waals surface area contributed by atoms with Gasteiger partial charge in [0.15, 0.2) is 0 Å². The Bertz CT molecular complexity index is 380. The van der Waals surface area contributed by atoms with Crippen molar-refractivity contribution >= 4 is 6.03 Å². The van der Waals surface area contributed by atoms with Crippen LogP contribution in [0.3, 0.4) is 0 Å². The number of rotatable bonds is 5. The van der Waals surface area contributed by atoms with Crippen molar-refractivity contribution in [2.75, 3.05) is 27.2 Å². The Morgan fingerprint density at radius 3 is 2.36 bits per heavy atom. The second-order valence-corrected chi connectivity index (χ2v) is 7.79. The molecule has 0 aromatic carbocycles. The molecule has 3 N–H and O–H groups in total. The van der Waals surface area contributed by atoms with Crippen LogP contribution in [0.25, 0.3) is 0 Å². The Morgan fingerprint density at radius 2 is 1.77 bits per heavy atom. The first-order valence-corrected chi connectivity index (χ1v) is 8.77. The van der Waals surface area contributed by atoms with E-state index >= 15 is 0 Å². The zero-order valence-corrected chi connectivity index (χ0v) is 14.5. The van der Waals surface area contributed by atoms with Crippen molar-refractivity contribution in [3.63, 3.8) is 0 Å². The van der Waals surface area contributed by atoms with Crippen LogP contribution in [0.5, 0.6) is 0 Å². The highest BCUT2D eigenvalue weighted by Crippen LogP contribution is 2.35. The van der Waals surface area contributed by atoms with E-state index in [4.69, 9.17) is 0 Å². The Balaban J connectivity index is 1.80. The van der Waals surface area contributed by atoms with Crippen LogP contribution in [0, 0.1) is 5.92 Å². The SMILES string of the molecule is CC1CCCC(CNC(=O)NCC2(O)CCCC2)(N(C)C)C1. The van der Waals surface area contributed by atoms with E-state index in [0.29, 0.717) is 19.0 Å². The molecule has 0 aromatic rings. The van der Waals surface area contributed by atoms with Crippen LogP contribution in [0.4, 0.5) is 4.79 Å². The number of aliphatic hydroxyl groups is 1. The van der Waals surface area contributed by atoms with Crippen LogP contribution < -0.4 is 10.6 Å². The average Bonchev–Trinajstić information content (AvgIpc) is 2.90. The van der Waals surface area contributed by atoms with Crippen LogP contribution in [0.1, 0.15) is 58.3 Å². The summed E-state index contributed by atoms with van der Waals surface area (Å²) in [4.78, 5) is 14.4. The number of urea groups is 1. The molecule has 2 fully saturated rings. The van der Waals surface area contributed by atoms with E-state index in [2.05, 4.69) is 36.6 Å². The smallest absolute Gasteiger partial charge is 0.314 e. The first-order valence-electron chi connectivity index (χ1n) is 8.77. The zero-order chi connectivity index (χ0) is 16.2. The highest BCUT2D eigenvalue weighted by atomic mass is 16.3. The summed E-state index contributed by atoms with van der Waals surface area (Å²) in [6.07, 6.45) is 8.48. The summed E-state index contributed by atoms with van der Waals surface area (Å²) in [5.74, 6) is 0.709. The largest absolute Gasteiger partial charge is 0.388 e. The molecule has 0 aromatic heterocycles. The normalized spacial score (nSPS) is 31.2. The van der Waals surface area contributed by atoms with Gasteiger partial charge in [-0.25, -0.2) is 4.79 Å². The van der Waals surface area contributed by atoms with Crippen LogP contribution in [0.2, 0.25) is 0 Å². The third kappa shape index (κ3) is 4.35. The fourth-order valence-electron chi connectivity index (χ4n) is 4.12. The van der Waals surface area contributed by atoms with Crippen LogP contribution in [-0.4, -0.2) is 54.4 Å². The first-order chi connectivity index (χ1) is 10.4. The predicted molar refractivity (Wildman–Crippen MR) is 88.9 cm³/mol. The number of likely N-dealkylation sites (N-methyl/N-ethyl adjacent to an activating group) is 1. The molecule has 2 aliphatic carbocycles. The van der Waals surface area contributed by atoms with Crippen LogP contribution in [0.15, 0.2) is 0 Å². The lowest BCUT2D eigenvalue weighted by atomic mass is 9.75. The van der Waals surface area contributed by atoms with Crippen molar-refractivity contribution in [3.8, 4) is 0 Å². The molecule has 2 atom stereocenters. The maximum Gasteiger partial charge on any atom is 0.314 e. The van der Waals surface area contributed by atoms with Crippen molar-refractivity contribution in [2.45, 2.75) is 69.4 Å². The molecule has 0 spiro atoms. The van der Waals surface area contributed by atoms with Gasteiger partial charge < -0.3 is 20.6 Å². The van der Waals surface area contributed by atoms with Gasteiger partial charge in [-0.05, 0) is 45.7 Å². The number of hydrogen-bond acceptors (Lipinski definition) is 3. The number of hydrogen-bond donors (Lipinski definition) is 3. The van der Waals surface area contributed by atoms with Crippen LogP contribution in [-0.2, 0) is 0 Å². The second kappa shape index (κ2) is 7.18. The lowest BCUT2D eigenvalue weighted by molar-refractivity contribution is 0.0492. The molecule has 22 heavy (non-hydrogen) atoms. The number of carbonyl (C=O) groups excluding carboxylic acids is 1. The Kier molecular flexibility index (Phi) is 5.72. The minimum atomic E-state index is -0.685. The molecular weight excluding hydrogens is 278 g/mol. The average molecular weight is 311 g/mol. The molecule has 128 valence electrons. The summed E-state index contributed by atoms with van der Waals surface area (Å²) in [7, 11) is 4.22. The Hall–Kier alpha value is -0.810. The van der Waals surface area contributed by atoms with Crippen molar-refractivity contribution in [1.82, 2.24) is 15.5 Å². The predicted octanol–water partition coefficient (Wildman–Crippen LogP) is 2.10. The van der Waals surface area contributed by atoms with E-state index in [1.165, 1.54) is 12.8 Å². The standard InChI is InChI=1S/C17H33N3O2/c1-14-7-6-8-16(11-14,20(2)3)12-18-15(21)19-13-17(22)9-4-5-10-17/h14,22H,4-13H2,1-3H3,(H2,18,19,21). The van der Waals surface area contributed by atoms with Gasteiger partial charge in [0.2, 0.25) is 0 Å². The number of nitrogens with one attached hydrogen (secondary N) is 2. The minimum absolute atomic E-state index is 0.0687. The molecule has 0 saturated heterocycles. The molecule has 5 nitrogen and oxygen atoms in total. The summed E-state index contributed by atoms with van der Waals surface area (Å²) in [6, 6.07) is -0.153. The minimum Gasteiger partial charge on any atom is -0.388 e. The van der Waals surface area contributed by atoms with E-state index in [1.54, 1.807) is 0 Å². The van der Waals surface area contributed by atoms with Crippen molar-refractivity contribution in [2.24, 2.45) is 5.92 Å². The second-order valence-electron chi connectivity index (χ2n) is 7.79. The Labute approximate surface area is 134 Å². The van der Waals surface area contributed by atoms with Crippen molar-refractivity contribution < 1.29 is 9.90 Å². The lowest BCUT2D eigenvalue weighted by Crippen LogP contribution is -2.56. The molecule has 0 aliphatic heterocycles. The van der Waals surface area contributed by atoms with Gasteiger partial charge in [0.05, 0.1) is 5.60 Å². The highest BCUT2D eigenvalue weighted by molar-refractivity contribution is 5.74. The third-order valence-corrected chi connectivity index (χ3v) is 5.71. The van der Waals surface area contributed by atoms with Crippen molar-refractivity contribution in [1.29, 1.82) is 0 Å². The van der Waals surface area contributed by atoms with Gasteiger partial charge in [-0.1, -0.05) is 32.6 Å². The molecule has 5 heteroatoms.